The smallest absolute Gasteiger partial charge is 0.332 e. The molecule has 0 aliphatic carbocycles. The maximum Gasteiger partial charge on any atom is 0.332 e. The number of nitrogens with zero attached hydrogens (tertiary/aromatic N) is 1. The quantitative estimate of drug-likeness (QED) is 0.756. The van der Waals surface area contributed by atoms with E-state index in [1.807, 2.05) is 0 Å². The largest absolute Gasteiger partial charge is 0.479 e. The molecule has 0 aromatic carbocycles. The van der Waals surface area contributed by atoms with E-state index < -0.39 is 18.2 Å². The third kappa shape index (κ3) is 4.46. The first-order chi connectivity index (χ1) is 10.5. The van der Waals surface area contributed by atoms with E-state index in [2.05, 4.69) is 10.3 Å². The predicted octanol–water partition coefficient (Wildman–Crippen LogP) is 1.52. The van der Waals surface area contributed by atoms with Crippen LogP contribution in [0.25, 0.3) is 0 Å². The van der Waals surface area contributed by atoms with Crippen LogP contribution in [-0.2, 0) is 14.3 Å². The zero-order chi connectivity index (χ0) is 16.1. The maximum atomic E-state index is 11.8. The number of pyridine rings is 1. The molecule has 1 aromatic heterocycles. The molecule has 2 N–H and O–H groups in total. The van der Waals surface area contributed by atoms with E-state index in [9.17, 15) is 9.59 Å². The molecule has 120 valence electrons. The number of nitrogens with one attached hydrogen (secondary N) is 1. The number of aromatic nitrogens is 1. The zero-order valence-electron chi connectivity index (χ0n) is 11.4. The van der Waals surface area contributed by atoms with Gasteiger partial charge in [0.1, 0.15) is 17.7 Å². The second kappa shape index (κ2) is 7.62. The van der Waals surface area contributed by atoms with Gasteiger partial charge in [-0.2, -0.15) is 0 Å². The molecule has 1 aromatic rings. The summed E-state index contributed by atoms with van der Waals surface area (Å²) in [6.07, 6.45) is 0.463. The molecule has 0 unspecified atom stereocenters. The number of rotatable bonds is 6. The van der Waals surface area contributed by atoms with Crippen molar-refractivity contribution in [2.75, 3.05) is 13.2 Å². The van der Waals surface area contributed by atoms with E-state index in [1.54, 1.807) is 0 Å². The second-order valence-electron chi connectivity index (χ2n) is 4.61. The molecule has 22 heavy (non-hydrogen) atoms. The number of hydrogen-bond acceptors (Lipinski definition) is 5. The lowest BCUT2D eigenvalue weighted by Crippen LogP contribution is -2.37. The van der Waals surface area contributed by atoms with Gasteiger partial charge in [-0.3, -0.25) is 4.79 Å². The highest BCUT2D eigenvalue weighted by molar-refractivity contribution is 6.35. The number of ether oxygens (including phenoxy) is 2. The topological polar surface area (TPSA) is 97.8 Å². The van der Waals surface area contributed by atoms with Gasteiger partial charge in [0.25, 0.3) is 0 Å². The highest BCUT2D eigenvalue weighted by Gasteiger charge is 2.34. The molecule has 1 saturated heterocycles. The molecule has 1 aliphatic heterocycles. The van der Waals surface area contributed by atoms with Crippen LogP contribution in [0.4, 0.5) is 0 Å². The normalized spacial score (nSPS) is 20.6. The summed E-state index contributed by atoms with van der Waals surface area (Å²) in [5.74, 6) is -1.19. The second-order valence-corrected chi connectivity index (χ2v) is 5.45. The molecule has 2 rings (SSSR count). The molecule has 1 fully saturated rings. The first-order valence-electron chi connectivity index (χ1n) is 6.57. The van der Waals surface area contributed by atoms with Crippen LogP contribution in [0.3, 0.4) is 0 Å². The SMILES string of the molecule is O=C(NCCOc1ncc(Cl)cc1Cl)[C@@H]1CC[C@H](C(=O)O)O1. The first kappa shape index (κ1) is 16.8. The van der Waals surface area contributed by atoms with Gasteiger partial charge in [-0.05, 0) is 18.9 Å². The maximum absolute atomic E-state index is 11.8. The third-order valence-electron chi connectivity index (χ3n) is 3.00. The summed E-state index contributed by atoms with van der Waals surface area (Å²) < 4.78 is 10.4. The Morgan fingerprint density at radius 1 is 1.41 bits per heavy atom. The average Bonchev–Trinajstić information content (AvgIpc) is 2.95. The van der Waals surface area contributed by atoms with Crippen molar-refractivity contribution in [2.45, 2.75) is 25.0 Å². The Balaban J connectivity index is 1.70. The molecule has 9 heteroatoms. The van der Waals surface area contributed by atoms with Crippen LogP contribution in [-0.4, -0.2) is 47.3 Å². The van der Waals surface area contributed by atoms with Crippen molar-refractivity contribution in [3.05, 3.63) is 22.3 Å². The van der Waals surface area contributed by atoms with Crippen molar-refractivity contribution in [1.29, 1.82) is 0 Å². The summed E-state index contributed by atoms with van der Waals surface area (Å²) in [6.45, 7) is 0.381. The average molecular weight is 349 g/mol. The third-order valence-corrected chi connectivity index (χ3v) is 3.48. The van der Waals surface area contributed by atoms with Crippen LogP contribution in [0.2, 0.25) is 10.0 Å². The molecule has 0 bridgehead atoms. The molecule has 0 spiro atoms. The number of amides is 1. The number of carboxylic acids is 1. The number of aliphatic carboxylic acids is 1. The van der Waals surface area contributed by atoms with Gasteiger partial charge in [0.2, 0.25) is 11.8 Å². The van der Waals surface area contributed by atoms with E-state index in [-0.39, 0.29) is 30.0 Å². The molecule has 2 atom stereocenters. The Kier molecular flexibility index (Phi) is 5.82. The monoisotopic (exact) mass is 348 g/mol. The number of hydrogen-bond donors (Lipinski definition) is 2. The number of halogens is 2. The van der Waals surface area contributed by atoms with Gasteiger partial charge in [-0.15, -0.1) is 0 Å². The van der Waals surface area contributed by atoms with Crippen molar-refractivity contribution in [1.82, 2.24) is 10.3 Å². The van der Waals surface area contributed by atoms with Gasteiger partial charge < -0.3 is 19.9 Å². The van der Waals surface area contributed by atoms with Gasteiger partial charge in [0.05, 0.1) is 11.6 Å². The van der Waals surface area contributed by atoms with Crippen LogP contribution < -0.4 is 10.1 Å². The van der Waals surface area contributed by atoms with Crippen molar-refractivity contribution >= 4 is 35.1 Å². The fourth-order valence-electron chi connectivity index (χ4n) is 1.96. The van der Waals surface area contributed by atoms with Crippen LogP contribution >= 0.6 is 23.2 Å². The minimum atomic E-state index is -1.05. The van der Waals surface area contributed by atoms with Crippen molar-refractivity contribution in [3.63, 3.8) is 0 Å². The zero-order valence-corrected chi connectivity index (χ0v) is 12.9. The standard InChI is InChI=1S/C13H14Cl2N2O5/c14-7-5-8(15)12(17-6-7)21-4-3-16-11(18)9-1-2-10(22-9)13(19)20/h5-6,9-10H,1-4H2,(H,16,18)(H,19,20)/t9-,10+/m0/s1. The van der Waals surface area contributed by atoms with E-state index >= 15 is 0 Å². The van der Waals surface area contributed by atoms with Crippen LogP contribution in [0.5, 0.6) is 5.88 Å². The number of carbonyl (C=O) groups excluding carboxylic acids is 1. The number of carboxylic acid groups (broad SMARTS) is 1. The Hall–Kier alpha value is -1.57. The summed E-state index contributed by atoms with van der Waals surface area (Å²) in [6, 6.07) is 1.50. The molecule has 7 nitrogen and oxygen atoms in total. The highest BCUT2D eigenvalue weighted by Crippen LogP contribution is 2.24. The van der Waals surface area contributed by atoms with Crippen molar-refractivity contribution in [3.8, 4) is 5.88 Å². The minimum absolute atomic E-state index is 0.162. The van der Waals surface area contributed by atoms with E-state index in [0.29, 0.717) is 17.9 Å². The molecule has 2 heterocycles. The molecule has 0 radical (unpaired) electrons. The Bertz CT molecular complexity index is 569. The Labute approximate surface area is 136 Å². The number of carbonyl (C=O) groups is 2. The fraction of sp³-hybridized carbons (Fsp3) is 0.462. The molecular weight excluding hydrogens is 335 g/mol. The van der Waals surface area contributed by atoms with Gasteiger partial charge in [0, 0.05) is 6.20 Å². The van der Waals surface area contributed by atoms with Crippen molar-refractivity contribution < 1.29 is 24.2 Å². The van der Waals surface area contributed by atoms with Gasteiger partial charge in [0.15, 0.2) is 6.10 Å². The lowest BCUT2D eigenvalue weighted by molar-refractivity contribution is -0.151. The van der Waals surface area contributed by atoms with Crippen LogP contribution in [0, 0.1) is 0 Å². The van der Waals surface area contributed by atoms with Gasteiger partial charge >= 0.3 is 5.97 Å². The summed E-state index contributed by atoms with van der Waals surface area (Å²) >= 11 is 11.6. The Morgan fingerprint density at radius 3 is 2.77 bits per heavy atom. The fourth-order valence-corrected chi connectivity index (χ4v) is 2.39. The lowest BCUT2D eigenvalue weighted by atomic mass is 10.2. The lowest BCUT2D eigenvalue weighted by Gasteiger charge is -2.12. The van der Waals surface area contributed by atoms with Gasteiger partial charge in [-0.1, -0.05) is 23.2 Å². The summed E-state index contributed by atoms with van der Waals surface area (Å²) in [4.78, 5) is 26.4. The predicted molar refractivity (Wildman–Crippen MR) is 78.3 cm³/mol. The Morgan fingerprint density at radius 2 is 2.14 bits per heavy atom. The highest BCUT2D eigenvalue weighted by atomic mass is 35.5. The summed E-state index contributed by atoms with van der Waals surface area (Å²) in [7, 11) is 0. The van der Waals surface area contributed by atoms with E-state index in [0.717, 1.165) is 0 Å². The molecule has 1 amide bonds. The summed E-state index contributed by atoms with van der Waals surface area (Å²) in [5, 5.41) is 12.1. The minimum Gasteiger partial charge on any atom is -0.479 e. The van der Waals surface area contributed by atoms with Crippen molar-refractivity contribution in [2.24, 2.45) is 0 Å². The summed E-state index contributed by atoms with van der Waals surface area (Å²) in [5.41, 5.74) is 0. The van der Waals surface area contributed by atoms with Gasteiger partial charge in [-0.25, -0.2) is 9.78 Å². The van der Waals surface area contributed by atoms with Crippen LogP contribution in [0.1, 0.15) is 12.8 Å². The van der Waals surface area contributed by atoms with E-state index in [4.69, 9.17) is 37.8 Å². The molecular formula is C13H14Cl2N2O5. The molecule has 0 saturated carbocycles. The van der Waals surface area contributed by atoms with E-state index in [1.165, 1.54) is 12.3 Å². The molecule has 1 aliphatic rings. The van der Waals surface area contributed by atoms with Crippen LogP contribution in [0.15, 0.2) is 12.3 Å². The first-order valence-corrected chi connectivity index (χ1v) is 7.33.